The van der Waals surface area contributed by atoms with Gasteiger partial charge in [0.05, 0.1) is 16.6 Å². The van der Waals surface area contributed by atoms with Crippen molar-refractivity contribution < 1.29 is 9.36 Å². The molecule has 0 spiro atoms. The Morgan fingerprint density at radius 1 is 1.14 bits per heavy atom. The molecule has 1 amide bonds. The van der Waals surface area contributed by atoms with Gasteiger partial charge in [0.2, 0.25) is 6.54 Å². The number of hydrogen-bond acceptors (Lipinski definition) is 4. The van der Waals surface area contributed by atoms with Crippen molar-refractivity contribution in [2.45, 2.75) is 51.6 Å². The third kappa shape index (κ3) is 4.33. The number of amides is 1. The summed E-state index contributed by atoms with van der Waals surface area (Å²) in [6.07, 6.45) is 7.08. The van der Waals surface area contributed by atoms with Crippen LogP contribution in [0.1, 0.15) is 60.4 Å². The maximum Gasteiger partial charge on any atom is 0.309 e. The molecule has 0 N–H and O–H groups in total. The quantitative estimate of drug-likeness (QED) is 0.469. The fourth-order valence-electron chi connectivity index (χ4n) is 3.87. The molecule has 0 radical (unpaired) electrons. The summed E-state index contributed by atoms with van der Waals surface area (Å²) in [7, 11) is 0. The van der Waals surface area contributed by atoms with Gasteiger partial charge < -0.3 is 0 Å². The number of hydrazone groups is 1. The molecule has 29 heavy (non-hydrogen) atoms. The summed E-state index contributed by atoms with van der Waals surface area (Å²) in [6.45, 7) is 4.74. The van der Waals surface area contributed by atoms with Gasteiger partial charge in [-0.05, 0) is 47.2 Å². The lowest BCUT2D eigenvalue weighted by Gasteiger charge is -2.19. The normalized spacial score (nSPS) is 16.4. The highest BCUT2D eigenvalue weighted by atomic mass is 32.1. The Kier molecular flexibility index (Phi) is 6.21. The molecule has 0 aliphatic carbocycles. The minimum Gasteiger partial charge on any atom is -0.265 e. The van der Waals surface area contributed by atoms with Crippen LogP contribution in [0.3, 0.4) is 0 Å². The van der Waals surface area contributed by atoms with E-state index in [9.17, 15) is 4.79 Å². The summed E-state index contributed by atoms with van der Waals surface area (Å²) in [6, 6.07) is 12.5. The van der Waals surface area contributed by atoms with E-state index < -0.39 is 0 Å². The largest absolute Gasteiger partial charge is 0.309 e. The maximum atomic E-state index is 13.2. The molecule has 6 heteroatoms. The Bertz CT molecular complexity index is 958. The first-order valence-corrected chi connectivity index (χ1v) is 11.9. The van der Waals surface area contributed by atoms with Crippen LogP contribution in [0.2, 0.25) is 0 Å². The fourth-order valence-corrected chi connectivity index (χ4v) is 5.40. The smallest absolute Gasteiger partial charge is 0.265 e. The number of carbonyl (C=O) groups excluding carboxylic acids is 1. The highest BCUT2D eigenvalue weighted by molar-refractivity contribution is 7.12. The van der Waals surface area contributed by atoms with E-state index in [1.165, 1.54) is 10.4 Å². The molecule has 4 rings (SSSR count). The van der Waals surface area contributed by atoms with Crippen molar-refractivity contribution in [3.8, 4) is 0 Å². The molecule has 3 aromatic heterocycles. The zero-order valence-corrected chi connectivity index (χ0v) is 18.5. The third-order valence-electron chi connectivity index (χ3n) is 5.53. The minimum absolute atomic E-state index is 0.0102. The average Bonchev–Trinajstić information content (AvgIpc) is 3.50. The maximum absolute atomic E-state index is 13.2. The van der Waals surface area contributed by atoms with Gasteiger partial charge in [0.1, 0.15) is 0 Å². The van der Waals surface area contributed by atoms with Crippen LogP contribution >= 0.6 is 22.7 Å². The molecule has 4 heterocycles. The highest BCUT2D eigenvalue weighted by Crippen LogP contribution is 2.35. The third-order valence-corrected chi connectivity index (χ3v) is 7.43. The summed E-state index contributed by atoms with van der Waals surface area (Å²) in [4.78, 5) is 15.5. The lowest BCUT2D eigenvalue weighted by atomic mass is 9.95. The number of aromatic nitrogens is 1. The van der Waals surface area contributed by atoms with E-state index in [1.54, 1.807) is 27.7 Å². The Balaban J connectivity index is 1.53. The monoisotopic (exact) mass is 424 g/mol. The van der Waals surface area contributed by atoms with Crippen LogP contribution in [0.5, 0.6) is 0 Å². The first-order chi connectivity index (χ1) is 14.2. The first kappa shape index (κ1) is 20.0. The molecule has 0 saturated carbocycles. The number of rotatable bonds is 7. The summed E-state index contributed by atoms with van der Waals surface area (Å²) in [5, 5.41) is 10.6. The summed E-state index contributed by atoms with van der Waals surface area (Å²) >= 11 is 3.36. The second-order valence-corrected chi connectivity index (χ2v) is 9.24. The predicted molar refractivity (Wildman–Crippen MR) is 119 cm³/mol. The van der Waals surface area contributed by atoms with E-state index >= 15 is 0 Å². The Morgan fingerprint density at radius 2 is 1.86 bits per heavy atom. The zero-order valence-electron chi connectivity index (χ0n) is 16.8. The van der Waals surface area contributed by atoms with Crippen LogP contribution in [0.25, 0.3) is 0 Å². The van der Waals surface area contributed by atoms with Crippen LogP contribution in [0.15, 0.2) is 64.7 Å². The molecule has 0 bridgehead atoms. The van der Waals surface area contributed by atoms with Gasteiger partial charge in [0, 0.05) is 23.4 Å². The molecule has 1 atom stereocenters. The van der Waals surface area contributed by atoms with Crippen LogP contribution < -0.4 is 4.57 Å². The van der Waals surface area contributed by atoms with E-state index in [2.05, 4.69) is 48.9 Å². The SMILES string of the molecule is CCC(CC)c1cc[n+](CC(=O)N2N=C(c3cccs3)C[C@@H]2c2cccs2)cc1. The molecule has 0 aromatic carbocycles. The highest BCUT2D eigenvalue weighted by Gasteiger charge is 2.35. The average molecular weight is 425 g/mol. The van der Waals surface area contributed by atoms with E-state index in [4.69, 9.17) is 5.10 Å². The number of nitrogens with zero attached hydrogens (tertiary/aromatic N) is 3. The molecule has 1 aliphatic rings. The molecule has 0 fully saturated rings. The summed E-state index contributed by atoms with van der Waals surface area (Å²) < 4.78 is 1.96. The number of thiophene rings is 2. The standard InChI is InChI=1S/C23H26N3OS2/c1-3-17(4-2)18-9-11-25(12-10-18)16-23(27)26-20(22-8-6-14-29-22)15-19(24-26)21-7-5-13-28-21/h5-14,17,20H,3-4,15-16H2,1-2H3/q+1/t20-/m1/s1. The van der Waals surface area contributed by atoms with Crippen molar-refractivity contribution in [2.24, 2.45) is 5.10 Å². The molecular formula is C23H26N3OS2+. The van der Waals surface area contributed by atoms with Gasteiger partial charge in [0.25, 0.3) is 0 Å². The van der Waals surface area contributed by atoms with E-state index in [-0.39, 0.29) is 11.9 Å². The zero-order chi connectivity index (χ0) is 20.2. The van der Waals surface area contributed by atoms with Crippen LogP contribution in [-0.2, 0) is 11.3 Å². The van der Waals surface area contributed by atoms with Crippen molar-refractivity contribution in [1.82, 2.24) is 5.01 Å². The second kappa shape index (κ2) is 9.01. The van der Waals surface area contributed by atoms with E-state index in [1.807, 2.05) is 29.1 Å². The van der Waals surface area contributed by atoms with E-state index in [0.717, 1.165) is 29.9 Å². The van der Waals surface area contributed by atoms with Crippen LogP contribution in [0, 0.1) is 0 Å². The van der Waals surface area contributed by atoms with Gasteiger partial charge in [-0.2, -0.15) is 9.67 Å². The molecule has 3 aromatic rings. The van der Waals surface area contributed by atoms with Crippen molar-refractivity contribution in [2.75, 3.05) is 0 Å². The van der Waals surface area contributed by atoms with Gasteiger partial charge in [-0.25, -0.2) is 5.01 Å². The van der Waals surface area contributed by atoms with Crippen LogP contribution in [0.4, 0.5) is 0 Å². The van der Waals surface area contributed by atoms with Crippen molar-refractivity contribution in [3.05, 3.63) is 74.9 Å². The van der Waals surface area contributed by atoms with Gasteiger partial charge >= 0.3 is 5.91 Å². The lowest BCUT2D eigenvalue weighted by Crippen LogP contribution is -2.42. The van der Waals surface area contributed by atoms with Crippen molar-refractivity contribution >= 4 is 34.3 Å². The minimum atomic E-state index is -0.0102. The molecular weight excluding hydrogens is 398 g/mol. The van der Waals surface area contributed by atoms with Crippen molar-refractivity contribution in [1.29, 1.82) is 0 Å². The van der Waals surface area contributed by atoms with Crippen LogP contribution in [-0.4, -0.2) is 16.6 Å². The first-order valence-electron chi connectivity index (χ1n) is 10.1. The molecule has 0 unspecified atom stereocenters. The molecule has 0 saturated heterocycles. The summed E-state index contributed by atoms with van der Waals surface area (Å²) in [5.74, 6) is 0.607. The topological polar surface area (TPSA) is 36.5 Å². The van der Waals surface area contributed by atoms with Gasteiger partial charge in [-0.3, -0.25) is 4.79 Å². The van der Waals surface area contributed by atoms with Gasteiger partial charge in [-0.1, -0.05) is 26.0 Å². The molecule has 4 nitrogen and oxygen atoms in total. The lowest BCUT2D eigenvalue weighted by molar-refractivity contribution is -0.685. The van der Waals surface area contributed by atoms with Gasteiger partial charge in [0.15, 0.2) is 12.4 Å². The van der Waals surface area contributed by atoms with Gasteiger partial charge in [-0.15, -0.1) is 22.7 Å². The fraction of sp³-hybridized carbons (Fsp3) is 0.348. The summed E-state index contributed by atoms with van der Waals surface area (Å²) in [5.41, 5.74) is 2.34. The number of hydrogen-bond donors (Lipinski definition) is 0. The molecule has 150 valence electrons. The van der Waals surface area contributed by atoms with Crippen molar-refractivity contribution in [3.63, 3.8) is 0 Å². The Hall–Kier alpha value is -2.31. The predicted octanol–water partition coefficient (Wildman–Crippen LogP) is 5.38. The number of pyridine rings is 1. The molecule has 1 aliphatic heterocycles. The Labute approximate surface area is 180 Å². The van der Waals surface area contributed by atoms with E-state index in [0.29, 0.717) is 12.5 Å². The number of carbonyl (C=O) groups is 1. The second-order valence-electron chi connectivity index (χ2n) is 7.31. The Morgan fingerprint density at radius 3 is 2.48 bits per heavy atom.